The molecule has 1 atom stereocenters. The smallest absolute Gasteiger partial charge is 0.138 e. The van der Waals surface area contributed by atoms with Crippen molar-refractivity contribution in [1.82, 2.24) is 10.3 Å². The summed E-state index contributed by atoms with van der Waals surface area (Å²) in [5.41, 5.74) is 2.91. The van der Waals surface area contributed by atoms with Gasteiger partial charge in [-0.15, -0.1) is 0 Å². The molecule has 0 aliphatic carbocycles. The molecule has 106 valence electrons. The van der Waals surface area contributed by atoms with Gasteiger partial charge in [-0.3, -0.25) is 4.98 Å². The van der Waals surface area contributed by atoms with Gasteiger partial charge in [0, 0.05) is 22.8 Å². The Hall–Kier alpha value is -1.39. The van der Waals surface area contributed by atoms with Crippen LogP contribution >= 0.6 is 15.9 Å². The fraction of sp³-hybridized carbons (Fsp3) is 0.312. The predicted molar refractivity (Wildman–Crippen MR) is 84.8 cm³/mol. The summed E-state index contributed by atoms with van der Waals surface area (Å²) < 4.78 is 1.09. The van der Waals surface area contributed by atoms with Crippen molar-refractivity contribution in [2.45, 2.75) is 32.9 Å². The van der Waals surface area contributed by atoms with Gasteiger partial charge in [0.2, 0.25) is 0 Å². The number of hydrogen-bond acceptors (Lipinski definition) is 3. The van der Waals surface area contributed by atoms with E-state index in [1.165, 1.54) is 5.56 Å². The van der Waals surface area contributed by atoms with Gasteiger partial charge in [0.05, 0.1) is 5.69 Å². The zero-order chi connectivity index (χ0) is 14.5. The number of nitrogens with one attached hydrogen (secondary N) is 1. The second kappa shape index (κ2) is 6.86. The van der Waals surface area contributed by atoms with Gasteiger partial charge in [0.1, 0.15) is 5.75 Å². The van der Waals surface area contributed by atoms with Crippen LogP contribution in [0.3, 0.4) is 0 Å². The first-order chi connectivity index (χ1) is 9.54. The van der Waals surface area contributed by atoms with E-state index in [9.17, 15) is 5.11 Å². The number of aryl methyl sites for hydroxylation is 1. The lowest BCUT2D eigenvalue weighted by molar-refractivity contribution is 0.452. The third-order valence-corrected chi connectivity index (χ3v) is 3.69. The van der Waals surface area contributed by atoms with Crippen molar-refractivity contribution < 1.29 is 5.11 Å². The minimum absolute atomic E-state index is 0.249. The maximum Gasteiger partial charge on any atom is 0.138 e. The van der Waals surface area contributed by atoms with E-state index >= 15 is 0 Å². The SMILES string of the molecule is Cc1ccc(O)c(CNC(C)Cc2ccc(Br)cc2)n1. The van der Waals surface area contributed by atoms with E-state index in [2.05, 4.69) is 57.4 Å². The number of aromatic nitrogens is 1. The second-order valence-corrected chi connectivity index (χ2v) is 5.95. The Kier molecular flexibility index (Phi) is 5.15. The van der Waals surface area contributed by atoms with Crippen LogP contribution in [0.15, 0.2) is 40.9 Å². The number of benzene rings is 1. The molecule has 0 aliphatic heterocycles. The molecule has 0 bridgehead atoms. The summed E-state index contributed by atoms with van der Waals surface area (Å²) >= 11 is 3.44. The quantitative estimate of drug-likeness (QED) is 0.878. The van der Waals surface area contributed by atoms with Gasteiger partial charge in [-0.1, -0.05) is 28.1 Å². The monoisotopic (exact) mass is 334 g/mol. The Morgan fingerprint density at radius 3 is 2.60 bits per heavy atom. The highest BCUT2D eigenvalue weighted by Crippen LogP contribution is 2.15. The molecular weight excluding hydrogens is 316 g/mol. The highest BCUT2D eigenvalue weighted by Gasteiger charge is 2.07. The molecule has 1 unspecified atom stereocenters. The molecule has 0 saturated heterocycles. The molecule has 3 nitrogen and oxygen atoms in total. The zero-order valence-electron chi connectivity index (χ0n) is 11.7. The molecule has 4 heteroatoms. The largest absolute Gasteiger partial charge is 0.506 e. The van der Waals surface area contributed by atoms with E-state index < -0.39 is 0 Å². The summed E-state index contributed by atoms with van der Waals surface area (Å²) in [6.07, 6.45) is 0.944. The molecule has 0 amide bonds. The molecule has 20 heavy (non-hydrogen) atoms. The number of rotatable bonds is 5. The van der Waals surface area contributed by atoms with Gasteiger partial charge in [-0.25, -0.2) is 0 Å². The van der Waals surface area contributed by atoms with E-state index in [0.717, 1.165) is 16.6 Å². The Bertz CT molecular complexity index is 569. The van der Waals surface area contributed by atoms with Gasteiger partial charge in [-0.2, -0.15) is 0 Å². The maximum absolute atomic E-state index is 9.76. The van der Waals surface area contributed by atoms with Gasteiger partial charge in [0.15, 0.2) is 0 Å². The fourth-order valence-electron chi connectivity index (χ4n) is 2.05. The van der Waals surface area contributed by atoms with Crippen molar-refractivity contribution in [1.29, 1.82) is 0 Å². The molecule has 0 fully saturated rings. The van der Waals surface area contributed by atoms with Crippen LogP contribution in [-0.2, 0) is 13.0 Å². The predicted octanol–water partition coefficient (Wildman–Crippen LogP) is 3.58. The van der Waals surface area contributed by atoms with Crippen molar-refractivity contribution >= 4 is 15.9 Å². The average Bonchev–Trinajstić information content (AvgIpc) is 2.42. The number of pyridine rings is 1. The summed E-state index contributed by atoms with van der Waals surface area (Å²) in [5.74, 6) is 0.249. The molecule has 0 radical (unpaired) electrons. The van der Waals surface area contributed by atoms with Crippen LogP contribution in [0.1, 0.15) is 23.9 Å². The number of aromatic hydroxyl groups is 1. The Morgan fingerprint density at radius 2 is 1.90 bits per heavy atom. The second-order valence-electron chi connectivity index (χ2n) is 5.03. The molecule has 1 aromatic carbocycles. The van der Waals surface area contributed by atoms with E-state index in [0.29, 0.717) is 18.3 Å². The third kappa shape index (κ3) is 4.32. The lowest BCUT2D eigenvalue weighted by atomic mass is 10.1. The summed E-state index contributed by atoms with van der Waals surface area (Å²) in [5, 5.41) is 13.2. The van der Waals surface area contributed by atoms with Crippen molar-refractivity contribution in [2.75, 3.05) is 0 Å². The van der Waals surface area contributed by atoms with E-state index in [1.807, 2.05) is 13.0 Å². The molecule has 2 aromatic rings. The van der Waals surface area contributed by atoms with Gasteiger partial charge >= 0.3 is 0 Å². The molecule has 0 spiro atoms. The van der Waals surface area contributed by atoms with Crippen molar-refractivity contribution in [3.8, 4) is 5.75 Å². The number of halogens is 1. The van der Waals surface area contributed by atoms with Gasteiger partial charge < -0.3 is 10.4 Å². The molecule has 0 saturated carbocycles. The van der Waals surface area contributed by atoms with E-state index in [-0.39, 0.29) is 5.75 Å². The highest BCUT2D eigenvalue weighted by atomic mass is 79.9. The van der Waals surface area contributed by atoms with Crippen molar-refractivity contribution in [3.63, 3.8) is 0 Å². The summed E-state index contributed by atoms with van der Waals surface area (Å²) in [4.78, 5) is 4.34. The summed E-state index contributed by atoms with van der Waals surface area (Å²) in [6, 6.07) is 12.2. The fourth-order valence-corrected chi connectivity index (χ4v) is 2.31. The standard InChI is InChI=1S/C16H19BrN2O/c1-11-3-8-16(20)15(19-11)10-18-12(2)9-13-4-6-14(17)7-5-13/h3-8,12,18,20H,9-10H2,1-2H3. The Labute approximate surface area is 128 Å². The van der Waals surface area contributed by atoms with Gasteiger partial charge in [-0.05, 0) is 50.1 Å². The Morgan fingerprint density at radius 1 is 1.20 bits per heavy atom. The first-order valence-electron chi connectivity index (χ1n) is 6.68. The lowest BCUT2D eigenvalue weighted by Crippen LogP contribution is -2.28. The summed E-state index contributed by atoms with van der Waals surface area (Å²) in [6.45, 7) is 4.63. The average molecular weight is 335 g/mol. The minimum atomic E-state index is 0.249. The first kappa shape index (κ1) is 15.0. The molecule has 0 aliphatic rings. The maximum atomic E-state index is 9.76. The van der Waals surface area contributed by atoms with Crippen LogP contribution in [0.4, 0.5) is 0 Å². The molecule has 2 N–H and O–H groups in total. The Balaban J connectivity index is 1.90. The van der Waals surface area contributed by atoms with E-state index in [4.69, 9.17) is 0 Å². The van der Waals surface area contributed by atoms with Gasteiger partial charge in [0.25, 0.3) is 0 Å². The number of hydrogen-bond donors (Lipinski definition) is 2. The topological polar surface area (TPSA) is 45.1 Å². The lowest BCUT2D eigenvalue weighted by Gasteiger charge is -2.14. The van der Waals surface area contributed by atoms with Crippen LogP contribution in [0.2, 0.25) is 0 Å². The third-order valence-electron chi connectivity index (χ3n) is 3.16. The van der Waals surface area contributed by atoms with Crippen LogP contribution in [0, 0.1) is 6.92 Å². The zero-order valence-corrected chi connectivity index (χ0v) is 13.3. The summed E-state index contributed by atoms with van der Waals surface area (Å²) in [7, 11) is 0. The molecule has 1 heterocycles. The van der Waals surface area contributed by atoms with Crippen LogP contribution in [-0.4, -0.2) is 16.1 Å². The highest BCUT2D eigenvalue weighted by molar-refractivity contribution is 9.10. The van der Waals surface area contributed by atoms with Crippen LogP contribution < -0.4 is 5.32 Å². The van der Waals surface area contributed by atoms with Crippen LogP contribution in [0.5, 0.6) is 5.75 Å². The minimum Gasteiger partial charge on any atom is -0.506 e. The first-order valence-corrected chi connectivity index (χ1v) is 7.47. The van der Waals surface area contributed by atoms with Crippen molar-refractivity contribution in [3.05, 3.63) is 57.8 Å². The normalized spacial score (nSPS) is 12.3. The van der Waals surface area contributed by atoms with E-state index in [1.54, 1.807) is 6.07 Å². The number of nitrogens with zero attached hydrogens (tertiary/aromatic N) is 1. The van der Waals surface area contributed by atoms with Crippen molar-refractivity contribution in [2.24, 2.45) is 0 Å². The van der Waals surface area contributed by atoms with Crippen LogP contribution in [0.25, 0.3) is 0 Å². The molecule has 1 aromatic heterocycles. The molecular formula is C16H19BrN2O. The molecule has 2 rings (SSSR count).